The Morgan fingerprint density at radius 1 is 1.47 bits per heavy atom. The van der Waals surface area contributed by atoms with E-state index in [1.807, 2.05) is 17.7 Å². The molecular weight excluding hydrogens is 248 g/mol. The lowest BCUT2D eigenvalue weighted by molar-refractivity contribution is -0.137. The molecule has 1 rings (SSSR count). The van der Waals surface area contributed by atoms with E-state index in [4.69, 9.17) is 5.11 Å². The van der Waals surface area contributed by atoms with E-state index >= 15 is 0 Å². The van der Waals surface area contributed by atoms with E-state index < -0.39 is 5.97 Å². The number of aromatic nitrogens is 2. The number of amides is 2. The first-order chi connectivity index (χ1) is 9.08. The standard InChI is InChI=1S/C12H20N4O3/c1-10(3-2-4-11(17)18)15-12(19)14-6-8-16-7-5-13-9-16/h5,7,9-10H,2-4,6,8H2,1H3,(H,17,18)(H2,14,15,19). The minimum Gasteiger partial charge on any atom is -0.481 e. The van der Waals surface area contributed by atoms with Crippen LogP contribution in [0.15, 0.2) is 18.7 Å². The van der Waals surface area contributed by atoms with Gasteiger partial charge in [0, 0.05) is 37.9 Å². The molecule has 0 spiro atoms. The van der Waals surface area contributed by atoms with Gasteiger partial charge in [0.15, 0.2) is 0 Å². The number of carbonyl (C=O) groups is 2. The van der Waals surface area contributed by atoms with Gasteiger partial charge < -0.3 is 20.3 Å². The Kier molecular flexibility index (Phi) is 6.42. The van der Waals surface area contributed by atoms with Crippen LogP contribution in [0.3, 0.4) is 0 Å². The number of urea groups is 1. The number of aliphatic carboxylic acids is 1. The molecule has 0 radical (unpaired) electrons. The zero-order valence-corrected chi connectivity index (χ0v) is 11.0. The smallest absolute Gasteiger partial charge is 0.315 e. The van der Waals surface area contributed by atoms with Crippen LogP contribution in [0.25, 0.3) is 0 Å². The summed E-state index contributed by atoms with van der Waals surface area (Å²) >= 11 is 0. The fraction of sp³-hybridized carbons (Fsp3) is 0.583. The minimum absolute atomic E-state index is 0.0346. The first-order valence-corrected chi connectivity index (χ1v) is 6.30. The number of carboxylic acid groups (broad SMARTS) is 1. The Balaban J connectivity index is 2.07. The average molecular weight is 268 g/mol. The molecule has 7 heteroatoms. The molecule has 1 aromatic heterocycles. The van der Waals surface area contributed by atoms with Crippen LogP contribution in [0, 0.1) is 0 Å². The van der Waals surface area contributed by atoms with Crippen molar-refractivity contribution >= 4 is 12.0 Å². The van der Waals surface area contributed by atoms with Crippen LogP contribution < -0.4 is 10.6 Å². The van der Waals surface area contributed by atoms with Crippen molar-refractivity contribution in [2.45, 2.75) is 38.8 Å². The van der Waals surface area contributed by atoms with E-state index in [1.165, 1.54) is 0 Å². The van der Waals surface area contributed by atoms with Gasteiger partial charge in [0.25, 0.3) is 0 Å². The van der Waals surface area contributed by atoms with Crippen LogP contribution in [0.4, 0.5) is 4.79 Å². The van der Waals surface area contributed by atoms with Gasteiger partial charge in [-0.15, -0.1) is 0 Å². The van der Waals surface area contributed by atoms with Crippen LogP contribution in [-0.2, 0) is 11.3 Å². The molecule has 7 nitrogen and oxygen atoms in total. The number of rotatable bonds is 8. The van der Waals surface area contributed by atoms with Crippen LogP contribution in [0.2, 0.25) is 0 Å². The average Bonchev–Trinajstić information content (AvgIpc) is 2.81. The third-order valence-electron chi connectivity index (χ3n) is 2.62. The van der Waals surface area contributed by atoms with Crippen LogP contribution in [0.5, 0.6) is 0 Å². The van der Waals surface area contributed by atoms with Gasteiger partial charge in [0.2, 0.25) is 0 Å². The van der Waals surface area contributed by atoms with E-state index in [9.17, 15) is 9.59 Å². The molecule has 0 aliphatic carbocycles. The van der Waals surface area contributed by atoms with E-state index in [2.05, 4.69) is 15.6 Å². The van der Waals surface area contributed by atoms with E-state index in [0.29, 0.717) is 25.9 Å². The Morgan fingerprint density at radius 3 is 2.89 bits per heavy atom. The number of imidazole rings is 1. The lowest BCUT2D eigenvalue weighted by atomic mass is 10.1. The topological polar surface area (TPSA) is 96.3 Å². The summed E-state index contributed by atoms with van der Waals surface area (Å²) in [6.45, 7) is 3.04. The number of carbonyl (C=O) groups excluding carboxylic acids is 1. The fourth-order valence-electron chi connectivity index (χ4n) is 1.62. The second-order valence-electron chi connectivity index (χ2n) is 4.39. The summed E-state index contributed by atoms with van der Waals surface area (Å²) in [4.78, 5) is 25.8. The maximum absolute atomic E-state index is 11.5. The molecule has 0 fully saturated rings. The van der Waals surface area contributed by atoms with Gasteiger partial charge in [-0.2, -0.15) is 0 Å². The number of hydrogen-bond acceptors (Lipinski definition) is 3. The predicted octanol–water partition coefficient (Wildman–Crippen LogP) is 0.826. The molecule has 1 unspecified atom stereocenters. The van der Waals surface area contributed by atoms with Gasteiger partial charge in [0.1, 0.15) is 0 Å². The Morgan fingerprint density at radius 2 is 2.26 bits per heavy atom. The van der Waals surface area contributed by atoms with Gasteiger partial charge in [-0.3, -0.25) is 4.79 Å². The molecule has 0 aliphatic heterocycles. The minimum atomic E-state index is -0.808. The van der Waals surface area contributed by atoms with Crippen molar-refractivity contribution < 1.29 is 14.7 Å². The fourth-order valence-corrected chi connectivity index (χ4v) is 1.62. The highest BCUT2D eigenvalue weighted by atomic mass is 16.4. The van der Waals surface area contributed by atoms with Crippen molar-refractivity contribution in [2.24, 2.45) is 0 Å². The van der Waals surface area contributed by atoms with Crippen molar-refractivity contribution in [1.29, 1.82) is 0 Å². The van der Waals surface area contributed by atoms with E-state index in [1.54, 1.807) is 12.5 Å². The first-order valence-electron chi connectivity index (χ1n) is 6.30. The molecule has 0 saturated heterocycles. The maximum atomic E-state index is 11.5. The summed E-state index contributed by atoms with van der Waals surface area (Å²) in [7, 11) is 0. The molecule has 0 saturated carbocycles. The third kappa shape index (κ3) is 7.07. The highest BCUT2D eigenvalue weighted by molar-refractivity contribution is 5.74. The van der Waals surface area contributed by atoms with Gasteiger partial charge in [-0.1, -0.05) is 0 Å². The van der Waals surface area contributed by atoms with Crippen LogP contribution in [0.1, 0.15) is 26.2 Å². The molecule has 106 valence electrons. The normalized spacial score (nSPS) is 11.8. The number of nitrogens with one attached hydrogen (secondary N) is 2. The summed E-state index contributed by atoms with van der Waals surface area (Å²) in [5, 5.41) is 14.0. The van der Waals surface area contributed by atoms with Crippen molar-refractivity contribution in [3.63, 3.8) is 0 Å². The van der Waals surface area contributed by atoms with Crippen molar-refractivity contribution in [3.8, 4) is 0 Å². The zero-order valence-electron chi connectivity index (χ0n) is 11.0. The van der Waals surface area contributed by atoms with Gasteiger partial charge in [0.05, 0.1) is 6.33 Å². The predicted molar refractivity (Wildman–Crippen MR) is 69.7 cm³/mol. The Bertz CT molecular complexity index is 392. The number of carboxylic acids is 1. The number of nitrogens with zero attached hydrogens (tertiary/aromatic N) is 2. The lowest BCUT2D eigenvalue weighted by Gasteiger charge is -2.14. The quantitative estimate of drug-likeness (QED) is 0.650. The van der Waals surface area contributed by atoms with Gasteiger partial charge in [-0.05, 0) is 19.8 Å². The van der Waals surface area contributed by atoms with Crippen LogP contribution in [-0.4, -0.2) is 39.2 Å². The Labute approximate surface area is 112 Å². The molecule has 3 N–H and O–H groups in total. The molecule has 2 amide bonds. The molecule has 0 bridgehead atoms. The SMILES string of the molecule is CC(CCCC(=O)O)NC(=O)NCCn1ccnc1. The van der Waals surface area contributed by atoms with Gasteiger partial charge in [-0.25, -0.2) is 9.78 Å². The van der Waals surface area contributed by atoms with Crippen molar-refractivity contribution in [1.82, 2.24) is 20.2 Å². The lowest BCUT2D eigenvalue weighted by Crippen LogP contribution is -2.41. The first kappa shape index (κ1) is 15.0. The second-order valence-corrected chi connectivity index (χ2v) is 4.39. The second kappa shape index (κ2) is 8.12. The third-order valence-corrected chi connectivity index (χ3v) is 2.62. The zero-order chi connectivity index (χ0) is 14.1. The molecule has 19 heavy (non-hydrogen) atoms. The summed E-state index contributed by atoms with van der Waals surface area (Å²) in [5.74, 6) is -0.808. The molecule has 0 aliphatic rings. The van der Waals surface area contributed by atoms with Crippen molar-refractivity contribution in [2.75, 3.05) is 6.54 Å². The Hall–Kier alpha value is -2.05. The highest BCUT2D eigenvalue weighted by Crippen LogP contribution is 2.00. The summed E-state index contributed by atoms with van der Waals surface area (Å²) in [6, 6.07) is -0.268. The monoisotopic (exact) mass is 268 g/mol. The highest BCUT2D eigenvalue weighted by Gasteiger charge is 2.07. The largest absolute Gasteiger partial charge is 0.481 e. The molecule has 1 aromatic rings. The summed E-state index contributed by atoms with van der Waals surface area (Å²) < 4.78 is 1.87. The molecule has 0 aromatic carbocycles. The summed E-state index contributed by atoms with van der Waals surface area (Å²) in [5.41, 5.74) is 0. The molecule has 1 heterocycles. The van der Waals surface area contributed by atoms with Crippen LogP contribution >= 0.6 is 0 Å². The maximum Gasteiger partial charge on any atom is 0.315 e. The molecule has 1 atom stereocenters. The van der Waals surface area contributed by atoms with Gasteiger partial charge >= 0.3 is 12.0 Å². The summed E-state index contributed by atoms with van der Waals surface area (Å²) in [6.07, 6.45) is 6.55. The van der Waals surface area contributed by atoms with E-state index in [-0.39, 0.29) is 18.5 Å². The van der Waals surface area contributed by atoms with Crippen molar-refractivity contribution in [3.05, 3.63) is 18.7 Å². The number of hydrogen-bond donors (Lipinski definition) is 3. The van der Waals surface area contributed by atoms with E-state index in [0.717, 1.165) is 0 Å². The molecular formula is C12H20N4O3.